The maximum atomic E-state index is 13.1. The molecule has 1 amide bonds. The summed E-state index contributed by atoms with van der Waals surface area (Å²) >= 11 is 5.03. The van der Waals surface area contributed by atoms with E-state index in [4.69, 9.17) is 17.3 Å². The summed E-state index contributed by atoms with van der Waals surface area (Å²) < 4.78 is 13.1. The van der Waals surface area contributed by atoms with Crippen LogP contribution in [0.3, 0.4) is 0 Å². The third-order valence-corrected chi connectivity index (χ3v) is 3.25. The van der Waals surface area contributed by atoms with Gasteiger partial charge < -0.3 is 10.4 Å². The number of amides is 1. The van der Waals surface area contributed by atoms with E-state index in [0.717, 1.165) is 11.6 Å². The van der Waals surface area contributed by atoms with E-state index in [0.29, 0.717) is 5.69 Å². The average molecular weight is 332 g/mol. The monoisotopic (exact) mass is 332 g/mol. The first-order valence-corrected chi connectivity index (χ1v) is 6.99. The van der Waals surface area contributed by atoms with Gasteiger partial charge >= 0.3 is 5.97 Å². The maximum Gasteiger partial charge on any atom is 0.335 e. The summed E-state index contributed by atoms with van der Waals surface area (Å²) in [6.07, 6.45) is 0. The van der Waals surface area contributed by atoms with Gasteiger partial charge in [-0.2, -0.15) is 0 Å². The summed E-state index contributed by atoms with van der Waals surface area (Å²) in [5.41, 5.74) is 1.45. The lowest BCUT2D eigenvalue weighted by Crippen LogP contribution is -2.34. The number of carbonyl (C=O) groups is 2. The molecule has 0 aliphatic carbocycles. The van der Waals surface area contributed by atoms with Gasteiger partial charge in [-0.3, -0.25) is 10.1 Å². The first-order chi connectivity index (χ1) is 10.9. The van der Waals surface area contributed by atoms with Gasteiger partial charge in [0.2, 0.25) is 0 Å². The molecule has 0 atom stereocenters. The van der Waals surface area contributed by atoms with E-state index in [2.05, 4.69) is 10.6 Å². The topological polar surface area (TPSA) is 78.4 Å². The van der Waals surface area contributed by atoms with Crippen molar-refractivity contribution in [1.82, 2.24) is 5.32 Å². The van der Waals surface area contributed by atoms with Crippen molar-refractivity contribution in [1.29, 1.82) is 0 Å². The molecule has 0 bridgehead atoms. The standard InChI is InChI=1S/C16H13FN2O3S/c1-9-5-6-11(15(21)22)8-13(9)18-16(23)19-14(20)10-3-2-4-12(17)7-10/h2-8H,1H3,(H,21,22)(H2,18,19,20,23). The number of hydrogen-bond donors (Lipinski definition) is 3. The van der Waals surface area contributed by atoms with Crippen LogP contribution in [0.25, 0.3) is 0 Å². The van der Waals surface area contributed by atoms with E-state index in [1.54, 1.807) is 13.0 Å². The van der Waals surface area contributed by atoms with Crippen molar-refractivity contribution in [3.8, 4) is 0 Å². The second kappa shape index (κ2) is 6.97. The summed E-state index contributed by atoms with van der Waals surface area (Å²) in [7, 11) is 0. The summed E-state index contributed by atoms with van der Waals surface area (Å²) in [6, 6.07) is 9.71. The Bertz CT molecular complexity index is 793. The van der Waals surface area contributed by atoms with Crippen molar-refractivity contribution in [2.75, 3.05) is 5.32 Å². The molecule has 0 saturated carbocycles. The summed E-state index contributed by atoms with van der Waals surface area (Å²) in [5, 5.41) is 14.2. The molecular formula is C16H13FN2O3S. The minimum atomic E-state index is -1.07. The van der Waals surface area contributed by atoms with Crippen LogP contribution in [-0.4, -0.2) is 22.1 Å². The van der Waals surface area contributed by atoms with Gasteiger partial charge in [0, 0.05) is 11.3 Å². The number of halogens is 1. The van der Waals surface area contributed by atoms with E-state index >= 15 is 0 Å². The molecule has 0 saturated heterocycles. The van der Waals surface area contributed by atoms with Crippen molar-refractivity contribution in [3.05, 3.63) is 65.0 Å². The van der Waals surface area contributed by atoms with Gasteiger partial charge in [0.05, 0.1) is 5.56 Å². The molecule has 118 valence electrons. The van der Waals surface area contributed by atoms with Crippen molar-refractivity contribution >= 4 is 34.9 Å². The average Bonchev–Trinajstić information content (AvgIpc) is 2.49. The number of nitrogens with one attached hydrogen (secondary N) is 2. The van der Waals surface area contributed by atoms with E-state index in [1.165, 1.54) is 30.3 Å². The molecule has 2 rings (SSSR count). The van der Waals surface area contributed by atoms with Crippen molar-refractivity contribution in [2.45, 2.75) is 6.92 Å². The lowest BCUT2D eigenvalue weighted by molar-refractivity contribution is 0.0696. The van der Waals surface area contributed by atoms with Gasteiger partial charge in [-0.1, -0.05) is 12.1 Å². The minimum Gasteiger partial charge on any atom is -0.478 e. The molecule has 0 fully saturated rings. The first kappa shape index (κ1) is 16.6. The zero-order chi connectivity index (χ0) is 17.0. The van der Waals surface area contributed by atoms with Crippen molar-refractivity contribution < 1.29 is 19.1 Å². The molecule has 0 aliphatic rings. The normalized spacial score (nSPS) is 10.0. The fourth-order valence-corrected chi connectivity index (χ4v) is 2.05. The number of rotatable bonds is 3. The van der Waals surface area contributed by atoms with Gasteiger partial charge in [0.1, 0.15) is 5.82 Å². The quantitative estimate of drug-likeness (QED) is 0.753. The van der Waals surface area contributed by atoms with Crippen LogP contribution in [0.15, 0.2) is 42.5 Å². The molecule has 0 radical (unpaired) electrons. The molecule has 0 spiro atoms. The predicted octanol–water partition coefficient (Wildman–Crippen LogP) is 2.96. The first-order valence-electron chi connectivity index (χ1n) is 6.58. The SMILES string of the molecule is Cc1ccc(C(=O)O)cc1NC(=S)NC(=O)c1cccc(F)c1. The zero-order valence-electron chi connectivity index (χ0n) is 12.1. The minimum absolute atomic E-state index is 0.00935. The molecule has 0 aromatic heterocycles. The third-order valence-electron chi connectivity index (χ3n) is 3.05. The summed E-state index contributed by atoms with van der Waals surface area (Å²) in [4.78, 5) is 22.9. The molecule has 0 unspecified atom stereocenters. The van der Waals surface area contributed by atoms with Gasteiger partial charge in [-0.05, 0) is 55.0 Å². The Hall–Kier alpha value is -2.80. The van der Waals surface area contributed by atoms with Crippen LogP contribution >= 0.6 is 12.2 Å². The van der Waals surface area contributed by atoms with Crippen LogP contribution in [0, 0.1) is 12.7 Å². The van der Waals surface area contributed by atoms with Gasteiger partial charge in [0.15, 0.2) is 5.11 Å². The Labute approximate surface area is 137 Å². The largest absolute Gasteiger partial charge is 0.478 e. The zero-order valence-corrected chi connectivity index (χ0v) is 12.9. The fourth-order valence-electron chi connectivity index (χ4n) is 1.85. The molecule has 2 aromatic carbocycles. The highest BCUT2D eigenvalue weighted by molar-refractivity contribution is 7.80. The molecule has 7 heteroatoms. The number of aromatic carboxylic acids is 1. The Morgan fingerprint density at radius 1 is 1.13 bits per heavy atom. The van der Waals surface area contributed by atoms with Gasteiger partial charge in [-0.15, -0.1) is 0 Å². The highest BCUT2D eigenvalue weighted by Crippen LogP contribution is 2.17. The number of aryl methyl sites for hydroxylation is 1. The van der Waals surface area contributed by atoms with Crippen LogP contribution in [0.5, 0.6) is 0 Å². The highest BCUT2D eigenvalue weighted by Gasteiger charge is 2.11. The molecule has 2 aromatic rings. The van der Waals surface area contributed by atoms with Crippen LogP contribution < -0.4 is 10.6 Å². The number of benzene rings is 2. The Balaban J connectivity index is 2.09. The smallest absolute Gasteiger partial charge is 0.335 e. The Kier molecular flexibility index (Phi) is 5.02. The second-order valence-electron chi connectivity index (χ2n) is 4.75. The van der Waals surface area contributed by atoms with E-state index in [9.17, 15) is 14.0 Å². The number of carboxylic acids is 1. The lowest BCUT2D eigenvalue weighted by atomic mass is 10.1. The maximum absolute atomic E-state index is 13.1. The third kappa shape index (κ3) is 4.33. The molecular weight excluding hydrogens is 319 g/mol. The van der Waals surface area contributed by atoms with Crippen molar-refractivity contribution in [3.63, 3.8) is 0 Å². The van der Waals surface area contributed by atoms with E-state index < -0.39 is 17.7 Å². The predicted molar refractivity (Wildman–Crippen MR) is 88.2 cm³/mol. The fraction of sp³-hybridized carbons (Fsp3) is 0.0625. The molecule has 0 aliphatic heterocycles. The van der Waals surface area contributed by atoms with E-state index in [-0.39, 0.29) is 16.2 Å². The number of carbonyl (C=O) groups excluding carboxylic acids is 1. The molecule has 5 nitrogen and oxygen atoms in total. The number of carboxylic acid groups (broad SMARTS) is 1. The van der Waals surface area contributed by atoms with Crippen LogP contribution in [0.2, 0.25) is 0 Å². The molecule has 3 N–H and O–H groups in total. The van der Waals surface area contributed by atoms with Crippen LogP contribution in [0.1, 0.15) is 26.3 Å². The van der Waals surface area contributed by atoms with Crippen LogP contribution in [-0.2, 0) is 0 Å². The number of anilines is 1. The Morgan fingerprint density at radius 2 is 1.87 bits per heavy atom. The molecule has 23 heavy (non-hydrogen) atoms. The molecule has 0 heterocycles. The lowest BCUT2D eigenvalue weighted by Gasteiger charge is -2.12. The van der Waals surface area contributed by atoms with Gasteiger partial charge in [-0.25, -0.2) is 9.18 Å². The Morgan fingerprint density at radius 3 is 2.52 bits per heavy atom. The number of hydrogen-bond acceptors (Lipinski definition) is 3. The second-order valence-corrected chi connectivity index (χ2v) is 5.16. The van der Waals surface area contributed by atoms with Gasteiger partial charge in [0.25, 0.3) is 5.91 Å². The van der Waals surface area contributed by atoms with Crippen LogP contribution in [0.4, 0.5) is 10.1 Å². The summed E-state index contributed by atoms with van der Waals surface area (Å²) in [6.45, 7) is 1.77. The highest BCUT2D eigenvalue weighted by atomic mass is 32.1. The summed E-state index contributed by atoms with van der Waals surface area (Å²) in [5.74, 6) is -2.15. The van der Waals surface area contributed by atoms with Crippen molar-refractivity contribution in [2.24, 2.45) is 0 Å². The number of thiocarbonyl (C=S) groups is 1. The van der Waals surface area contributed by atoms with E-state index in [1.807, 2.05) is 0 Å².